The van der Waals surface area contributed by atoms with E-state index in [-0.39, 0.29) is 11.8 Å². The molecule has 0 aliphatic heterocycles. The van der Waals surface area contributed by atoms with Crippen LogP contribution in [0.2, 0.25) is 0 Å². The van der Waals surface area contributed by atoms with E-state index < -0.39 is 0 Å². The Hall–Kier alpha value is -1.35. The first-order valence-electron chi connectivity index (χ1n) is 8.01. The molecular weight excluding hydrogens is 262 g/mol. The van der Waals surface area contributed by atoms with Gasteiger partial charge in [0.2, 0.25) is 0 Å². The van der Waals surface area contributed by atoms with Crippen molar-refractivity contribution in [1.29, 1.82) is 0 Å². The van der Waals surface area contributed by atoms with Gasteiger partial charge < -0.3 is 4.74 Å². The summed E-state index contributed by atoms with van der Waals surface area (Å²) < 4.78 is 5.91. The van der Waals surface area contributed by atoms with Gasteiger partial charge in [0, 0.05) is 5.56 Å². The molecule has 1 aromatic rings. The van der Waals surface area contributed by atoms with Crippen LogP contribution in [0.5, 0.6) is 5.75 Å². The number of ketones is 1. The van der Waals surface area contributed by atoms with Gasteiger partial charge in [-0.25, -0.2) is 0 Å². The van der Waals surface area contributed by atoms with Crippen LogP contribution >= 0.6 is 0 Å². The van der Waals surface area contributed by atoms with Crippen molar-refractivity contribution in [2.45, 2.75) is 45.1 Å². The van der Waals surface area contributed by atoms with Crippen LogP contribution in [0.1, 0.15) is 49.4 Å². The molecule has 116 valence electrons. The molecule has 1 fully saturated rings. The zero-order chi connectivity index (χ0) is 15.2. The van der Waals surface area contributed by atoms with Crippen LogP contribution < -0.4 is 4.74 Å². The molecule has 21 heavy (non-hydrogen) atoms. The average Bonchev–Trinajstić information content (AvgIpc) is 2.52. The maximum Gasteiger partial charge on any atom is 0.179 e. The van der Waals surface area contributed by atoms with Crippen LogP contribution in [-0.4, -0.2) is 37.4 Å². The van der Waals surface area contributed by atoms with Crippen LogP contribution in [0.25, 0.3) is 0 Å². The maximum atomic E-state index is 12.3. The molecule has 1 aliphatic carbocycles. The van der Waals surface area contributed by atoms with Crippen molar-refractivity contribution in [3.05, 3.63) is 29.8 Å². The molecule has 0 radical (unpaired) electrons. The summed E-state index contributed by atoms with van der Waals surface area (Å²) in [5, 5.41) is 0. The normalized spacial score (nSPS) is 17.7. The van der Waals surface area contributed by atoms with E-state index in [4.69, 9.17) is 4.74 Å². The van der Waals surface area contributed by atoms with E-state index in [1.54, 1.807) is 0 Å². The minimum Gasteiger partial charge on any atom is -0.493 e. The fraction of sp³-hybridized carbons (Fsp3) is 0.611. The summed E-state index contributed by atoms with van der Waals surface area (Å²) in [4.78, 5) is 14.3. The summed E-state index contributed by atoms with van der Waals surface area (Å²) in [6.07, 6.45) is 6.56. The lowest BCUT2D eigenvalue weighted by Crippen LogP contribution is -2.32. The van der Waals surface area contributed by atoms with Crippen molar-refractivity contribution in [2.24, 2.45) is 5.92 Å². The number of likely N-dealkylation sites (N-methyl/N-ethyl adjacent to an activating group) is 1. The van der Waals surface area contributed by atoms with E-state index in [1.165, 1.54) is 32.1 Å². The van der Waals surface area contributed by atoms with E-state index in [2.05, 4.69) is 0 Å². The molecule has 1 atom stereocenters. The molecule has 1 saturated carbocycles. The molecule has 0 bridgehead atoms. The van der Waals surface area contributed by atoms with Gasteiger partial charge in [-0.2, -0.15) is 0 Å². The summed E-state index contributed by atoms with van der Waals surface area (Å²) in [6, 6.07) is 7.49. The molecular formula is C18H27NO2. The standard InChI is InChI=1S/C18H27NO2/c1-14(19(2)3)18(20)16-10-7-11-17(12-16)21-13-15-8-5-4-6-9-15/h7,10-12,14-15H,4-6,8-9,13H2,1-3H3/t14-/m0/s1. The van der Waals surface area contributed by atoms with Crippen molar-refractivity contribution < 1.29 is 9.53 Å². The number of carbonyl (C=O) groups excluding carboxylic acids is 1. The fourth-order valence-electron chi connectivity index (χ4n) is 2.78. The third kappa shape index (κ3) is 4.57. The van der Waals surface area contributed by atoms with Crippen molar-refractivity contribution in [2.75, 3.05) is 20.7 Å². The number of hydrogen-bond acceptors (Lipinski definition) is 3. The van der Waals surface area contributed by atoms with E-state index >= 15 is 0 Å². The number of nitrogens with zero attached hydrogens (tertiary/aromatic N) is 1. The SMILES string of the molecule is C[C@@H](C(=O)c1cccc(OCC2CCCCC2)c1)N(C)C. The van der Waals surface area contributed by atoms with Gasteiger partial charge in [0.1, 0.15) is 5.75 Å². The maximum absolute atomic E-state index is 12.3. The topological polar surface area (TPSA) is 29.5 Å². The fourth-order valence-corrected chi connectivity index (χ4v) is 2.78. The highest BCUT2D eigenvalue weighted by Crippen LogP contribution is 2.25. The van der Waals surface area contributed by atoms with Gasteiger partial charge in [0.05, 0.1) is 12.6 Å². The smallest absolute Gasteiger partial charge is 0.179 e. The zero-order valence-electron chi connectivity index (χ0n) is 13.5. The number of Topliss-reactive ketones (excluding diaryl/α,β-unsaturated/α-hetero) is 1. The number of hydrogen-bond donors (Lipinski definition) is 0. The highest BCUT2D eigenvalue weighted by molar-refractivity contribution is 6.00. The highest BCUT2D eigenvalue weighted by atomic mass is 16.5. The molecule has 3 heteroatoms. The minimum atomic E-state index is -0.112. The molecule has 0 aromatic heterocycles. The van der Waals surface area contributed by atoms with Gasteiger partial charge in [0.25, 0.3) is 0 Å². The van der Waals surface area contributed by atoms with Crippen LogP contribution in [0, 0.1) is 5.92 Å². The number of carbonyl (C=O) groups is 1. The second-order valence-corrected chi connectivity index (χ2v) is 6.35. The molecule has 0 heterocycles. The molecule has 0 saturated heterocycles. The Morgan fingerprint density at radius 3 is 2.67 bits per heavy atom. The predicted octanol–water partition coefficient (Wildman–Crippen LogP) is 3.78. The van der Waals surface area contributed by atoms with Crippen molar-refractivity contribution >= 4 is 5.78 Å². The summed E-state index contributed by atoms with van der Waals surface area (Å²) in [5.74, 6) is 1.64. The first-order chi connectivity index (χ1) is 10.1. The van der Waals surface area contributed by atoms with Crippen LogP contribution in [0.3, 0.4) is 0 Å². The van der Waals surface area contributed by atoms with E-state index in [9.17, 15) is 4.79 Å². The van der Waals surface area contributed by atoms with Gasteiger partial charge in [-0.1, -0.05) is 31.4 Å². The summed E-state index contributed by atoms with van der Waals surface area (Å²) >= 11 is 0. The molecule has 0 spiro atoms. The lowest BCUT2D eigenvalue weighted by atomic mass is 9.90. The van der Waals surface area contributed by atoms with Crippen LogP contribution in [-0.2, 0) is 0 Å². The van der Waals surface area contributed by atoms with Gasteiger partial charge in [-0.3, -0.25) is 9.69 Å². The van der Waals surface area contributed by atoms with Gasteiger partial charge in [-0.15, -0.1) is 0 Å². The summed E-state index contributed by atoms with van der Waals surface area (Å²) in [5.41, 5.74) is 0.734. The van der Waals surface area contributed by atoms with Gasteiger partial charge in [-0.05, 0) is 51.9 Å². The third-order valence-corrected chi connectivity index (χ3v) is 4.48. The molecule has 0 N–H and O–H groups in total. The first-order valence-corrected chi connectivity index (χ1v) is 8.01. The Morgan fingerprint density at radius 2 is 2.00 bits per heavy atom. The quantitative estimate of drug-likeness (QED) is 0.746. The van der Waals surface area contributed by atoms with Crippen molar-refractivity contribution in [1.82, 2.24) is 4.90 Å². The summed E-state index contributed by atoms with van der Waals surface area (Å²) in [7, 11) is 3.85. The highest BCUT2D eigenvalue weighted by Gasteiger charge is 2.18. The largest absolute Gasteiger partial charge is 0.493 e. The number of ether oxygens (including phenoxy) is 1. The predicted molar refractivity (Wildman–Crippen MR) is 86.0 cm³/mol. The first kappa shape index (κ1) is 16.0. The Morgan fingerprint density at radius 1 is 1.29 bits per heavy atom. The van der Waals surface area contributed by atoms with Gasteiger partial charge >= 0.3 is 0 Å². The second-order valence-electron chi connectivity index (χ2n) is 6.35. The Labute approximate surface area is 128 Å². The lowest BCUT2D eigenvalue weighted by Gasteiger charge is -2.22. The molecule has 1 aromatic carbocycles. The zero-order valence-corrected chi connectivity index (χ0v) is 13.5. The number of rotatable bonds is 6. The molecule has 3 nitrogen and oxygen atoms in total. The third-order valence-electron chi connectivity index (χ3n) is 4.48. The van der Waals surface area contributed by atoms with E-state index in [0.29, 0.717) is 5.92 Å². The van der Waals surface area contributed by atoms with Crippen LogP contribution in [0.15, 0.2) is 24.3 Å². The Bertz CT molecular complexity index is 464. The molecule has 2 rings (SSSR count). The van der Waals surface area contributed by atoms with Crippen molar-refractivity contribution in [3.63, 3.8) is 0 Å². The van der Waals surface area contributed by atoms with E-state index in [1.807, 2.05) is 50.2 Å². The van der Waals surface area contributed by atoms with Crippen molar-refractivity contribution in [3.8, 4) is 5.75 Å². The lowest BCUT2D eigenvalue weighted by molar-refractivity contribution is 0.0890. The Balaban J connectivity index is 1.95. The average molecular weight is 289 g/mol. The second kappa shape index (κ2) is 7.60. The van der Waals surface area contributed by atoms with Gasteiger partial charge in [0.15, 0.2) is 5.78 Å². The molecule has 0 unspecified atom stereocenters. The molecule has 0 amide bonds. The Kier molecular flexibility index (Phi) is 5.80. The summed E-state index contributed by atoms with van der Waals surface area (Å²) in [6.45, 7) is 2.71. The monoisotopic (exact) mass is 289 g/mol. The van der Waals surface area contributed by atoms with Crippen LogP contribution in [0.4, 0.5) is 0 Å². The number of benzene rings is 1. The van der Waals surface area contributed by atoms with E-state index in [0.717, 1.165) is 17.9 Å². The molecule has 1 aliphatic rings. The minimum absolute atomic E-state index is 0.112.